The Hall–Kier alpha value is -1.81. The van der Waals surface area contributed by atoms with Crippen LogP contribution in [0, 0.1) is 0 Å². The molecule has 1 aromatic carbocycles. The van der Waals surface area contributed by atoms with Gasteiger partial charge in [0.2, 0.25) is 8.32 Å². The first-order chi connectivity index (χ1) is 8.54. The van der Waals surface area contributed by atoms with Gasteiger partial charge in [-0.05, 0) is 43.9 Å². The monoisotopic (exact) mass is 259 g/mol. The van der Waals surface area contributed by atoms with E-state index in [2.05, 4.69) is 24.6 Å². The lowest BCUT2D eigenvalue weighted by Gasteiger charge is -2.20. The normalized spacial score (nSPS) is 11.9. The van der Waals surface area contributed by atoms with Gasteiger partial charge in [0.25, 0.3) is 0 Å². The number of rotatable bonds is 4. The highest BCUT2D eigenvalue weighted by atomic mass is 28.4. The number of hydrogen-bond donors (Lipinski definition) is 0. The van der Waals surface area contributed by atoms with Crippen LogP contribution in [-0.4, -0.2) is 14.5 Å². The van der Waals surface area contributed by atoms with Crippen molar-refractivity contribution in [1.82, 2.24) is 0 Å². The van der Waals surface area contributed by atoms with Crippen LogP contribution < -0.4 is 4.43 Å². The third-order valence-corrected chi connectivity index (χ3v) is 2.99. The molecule has 2 aromatic rings. The van der Waals surface area contributed by atoms with E-state index in [-0.39, 0.29) is 0 Å². The summed E-state index contributed by atoms with van der Waals surface area (Å²) in [6, 6.07) is 11.5. The molecule has 0 aliphatic heterocycles. The van der Waals surface area contributed by atoms with Gasteiger partial charge in [-0.3, -0.25) is 0 Å². The third-order valence-electron chi connectivity index (χ3n) is 2.16. The predicted molar refractivity (Wildman–Crippen MR) is 76.4 cm³/mol. The minimum absolute atomic E-state index is 0.734. The van der Waals surface area contributed by atoms with Crippen LogP contribution in [0.2, 0.25) is 19.6 Å². The van der Waals surface area contributed by atoms with E-state index in [1.54, 1.807) is 12.5 Å². The van der Waals surface area contributed by atoms with Gasteiger partial charge < -0.3 is 8.84 Å². The molecule has 0 fully saturated rings. The summed E-state index contributed by atoms with van der Waals surface area (Å²) < 4.78 is 11.2. The van der Waals surface area contributed by atoms with Crippen LogP contribution in [0.1, 0.15) is 5.76 Å². The number of hydrogen-bond acceptors (Lipinski definition) is 3. The highest BCUT2D eigenvalue weighted by Gasteiger charge is 2.17. The van der Waals surface area contributed by atoms with Crippen LogP contribution in [0.3, 0.4) is 0 Å². The van der Waals surface area contributed by atoms with Crippen molar-refractivity contribution in [2.24, 2.45) is 4.99 Å². The highest BCUT2D eigenvalue weighted by Crippen LogP contribution is 2.29. The summed E-state index contributed by atoms with van der Waals surface area (Å²) in [6.07, 6.45) is 3.33. The van der Waals surface area contributed by atoms with Crippen molar-refractivity contribution < 1.29 is 8.84 Å². The summed E-state index contributed by atoms with van der Waals surface area (Å²) >= 11 is 0. The maximum absolute atomic E-state index is 6.00. The highest BCUT2D eigenvalue weighted by molar-refractivity contribution is 6.70. The molecule has 0 saturated carbocycles. The van der Waals surface area contributed by atoms with Crippen molar-refractivity contribution in [2.75, 3.05) is 0 Å². The van der Waals surface area contributed by atoms with Crippen molar-refractivity contribution in [2.45, 2.75) is 19.6 Å². The Labute approximate surface area is 108 Å². The molecule has 0 spiro atoms. The van der Waals surface area contributed by atoms with Gasteiger partial charge >= 0.3 is 0 Å². The molecule has 3 nitrogen and oxygen atoms in total. The SMILES string of the molecule is C[Si](C)(C)Oc1ccccc1N=Cc1ccco1. The number of nitrogens with zero attached hydrogens (tertiary/aromatic N) is 1. The predicted octanol–water partition coefficient (Wildman–Crippen LogP) is 4.24. The Balaban J connectivity index is 2.22. The van der Waals surface area contributed by atoms with E-state index in [1.807, 2.05) is 36.4 Å². The molecule has 0 amide bonds. The zero-order valence-electron chi connectivity index (χ0n) is 10.9. The minimum atomic E-state index is -1.62. The zero-order chi connectivity index (χ0) is 13.0. The summed E-state index contributed by atoms with van der Waals surface area (Å²) in [5.41, 5.74) is 0.830. The fourth-order valence-electron chi connectivity index (χ4n) is 1.48. The van der Waals surface area contributed by atoms with E-state index < -0.39 is 8.32 Å². The summed E-state index contributed by atoms with van der Waals surface area (Å²) in [4.78, 5) is 4.41. The maximum atomic E-state index is 6.00. The molecule has 0 bridgehead atoms. The van der Waals surface area contributed by atoms with Gasteiger partial charge in [-0.15, -0.1) is 0 Å². The van der Waals surface area contributed by atoms with Gasteiger partial charge in [-0.1, -0.05) is 12.1 Å². The molecule has 94 valence electrons. The van der Waals surface area contributed by atoms with E-state index >= 15 is 0 Å². The molecule has 18 heavy (non-hydrogen) atoms. The average molecular weight is 259 g/mol. The van der Waals surface area contributed by atoms with E-state index in [9.17, 15) is 0 Å². The zero-order valence-corrected chi connectivity index (χ0v) is 11.9. The Bertz CT molecular complexity index is 527. The summed E-state index contributed by atoms with van der Waals surface area (Å²) in [5.74, 6) is 1.57. The Morgan fingerprint density at radius 2 is 1.89 bits per heavy atom. The Morgan fingerprint density at radius 1 is 1.11 bits per heavy atom. The molecule has 0 saturated heterocycles. The van der Waals surface area contributed by atoms with Crippen LogP contribution in [0.15, 0.2) is 52.1 Å². The second-order valence-electron chi connectivity index (χ2n) is 4.96. The summed E-state index contributed by atoms with van der Waals surface area (Å²) in [5, 5.41) is 0. The average Bonchev–Trinajstić information content (AvgIpc) is 2.79. The largest absolute Gasteiger partial charge is 0.543 e. The third kappa shape index (κ3) is 3.60. The minimum Gasteiger partial charge on any atom is -0.543 e. The molecule has 0 aliphatic rings. The molecular formula is C14H17NO2Si. The van der Waals surface area contributed by atoms with E-state index in [1.165, 1.54) is 0 Å². The topological polar surface area (TPSA) is 34.7 Å². The standard InChI is InChI=1S/C14H17NO2Si/c1-18(2,3)17-14-9-5-4-8-13(14)15-11-12-7-6-10-16-12/h4-11H,1-3H3. The number of para-hydroxylation sites is 2. The lowest BCUT2D eigenvalue weighted by Crippen LogP contribution is -2.29. The lowest BCUT2D eigenvalue weighted by atomic mass is 10.3. The molecule has 0 radical (unpaired) electrons. The Kier molecular flexibility index (Phi) is 3.67. The fraction of sp³-hybridized carbons (Fsp3) is 0.214. The summed E-state index contributed by atoms with van der Waals surface area (Å²) in [6.45, 7) is 6.46. The van der Waals surface area contributed by atoms with Crippen LogP contribution in [0.5, 0.6) is 5.75 Å². The van der Waals surface area contributed by atoms with Crippen LogP contribution in [-0.2, 0) is 0 Å². The first kappa shape index (κ1) is 12.6. The molecule has 1 aromatic heterocycles. The van der Waals surface area contributed by atoms with Gasteiger partial charge in [-0.25, -0.2) is 4.99 Å². The first-order valence-corrected chi connectivity index (χ1v) is 9.31. The van der Waals surface area contributed by atoms with Gasteiger partial charge in [0.05, 0.1) is 12.5 Å². The second kappa shape index (κ2) is 5.22. The van der Waals surface area contributed by atoms with Crippen molar-refractivity contribution >= 4 is 20.2 Å². The van der Waals surface area contributed by atoms with E-state index in [4.69, 9.17) is 8.84 Å². The van der Waals surface area contributed by atoms with Crippen molar-refractivity contribution in [3.05, 3.63) is 48.4 Å². The summed E-state index contributed by atoms with van der Waals surface area (Å²) in [7, 11) is -1.62. The van der Waals surface area contributed by atoms with Gasteiger partial charge in [0.1, 0.15) is 17.2 Å². The molecule has 0 N–H and O–H groups in total. The smallest absolute Gasteiger partial charge is 0.242 e. The number of benzene rings is 1. The fourth-order valence-corrected chi connectivity index (χ4v) is 2.31. The van der Waals surface area contributed by atoms with Crippen LogP contribution >= 0.6 is 0 Å². The first-order valence-electron chi connectivity index (χ1n) is 5.90. The maximum Gasteiger partial charge on any atom is 0.242 e. The van der Waals surface area contributed by atoms with E-state index in [0.29, 0.717) is 0 Å². The van der Waals surface area contributed by atoms with Crippen molar-refractivity contribution in [1.29, 1.82) is 0 Å². The van der Waals surface area contributed by atoms with Crippen LogP contribution in [0.25, 0.3) is 0 Å². The van der Waals surface area contributed by atoms with Crippen molar-refractivity contribution in [3.63, 3.8) is 0 Å². The second-order valence-corrected chi connectivity index (χ2v) is 9.38. The molecule has 0 aliphatic carbocycles. The number of furan rings is 1. The molecule has 0 unspecified atom stereocenters. The van der Waals surface area contributed by atoms with Gasteiger partial charge in [0.15, 0.2) is 0 Å². The quantitative estimate of drug-likeness (QED) is 0.608. The van der Waals surface area contributed by atoms with Gasteiger partial charge in [-0.2, -0.15) is 0 Å². The molecule has 1 heterocycles. The molecular weight excluding hydrogens is 242 g/mol. The number of aliphatic imine (C=N–C) groups is 1. The Morgan fingerprint density at radius 3 is 2.50 bits per heavy atom. The van der Waals surface area contributed by atoms with E-state index in [0.717, 1.165) is 17.2 Å². The van der Waals surface area contributed by atoms with Crippen LogP contribution in [0.4, 0.5) is 5.69 Å². The lowest BCUT2D eigenvalue weighted by molar-refractivity contribution is 0.557. The molecule has 0 atom stereocenters. The molecule has 4 heteroatoms. The van der Waals surface area contributed by atoms with Gasteiger partial charge in [0, 0.05) is 0 Å². The molecule has 2 rings (SSSR count). The van der Waals surface area contributed by atoms with Crippen molar-refractivity contribution in [3.8, 4) is 5.75 Å².